The Kier molecular flexibility index (Phi) is 4.38. The van der Waals surface area contributed by atoms with Crippen molar-refractivity contribution in [3.8, 4) is 17.0 Å². The molecule has 0 aliphatic heterocycles. The molecule has 2 aromatic carbocycles. The van der Waals surface area contributed by atoms with Gasteiger partial charge in [0.15, 0.2) is 28.9 Å². The molecule has 6 nitrogen and oxygen atoms in total. The topological polar surface area (TPSA) is 93.9 Å². The fourth-order valence-corrected chi connectivity index (χ4v) is 2.16. The lowest BCUT2D eigenvalue weighted by Crippen LogP contribution is -2.12. The van der Waals surface area contributed by atoms with Crippen LogP contribution in [0.4, 0.5) is 13.2 Å². The van der Waals surface area contributed by atoms with Gasteiger partial charge in [-0.15, -0.1) is 0 Å². The summed E-state index contributed by atoms with van der Waals surface area (Å²) in [6, 6.07) is 7.15. The predicted molar refractivity (Wildman–Crippen MR) is 81.0 cm³/mol. The van der Waals surface area contributed by atoms with Crippen LogP contribution < -0.4 is 10.5 Å². The minimum absolute atomic E-state index is 0.0994. The van der Waals surface area contributed by atoms with Gasteiger partial charge in [0.2, 0.25) is 0 Å². The van der Waals surface area contributed by atoms with E-state index in [2.05, 4.69) is 15.4 Å². The number of nitrogens with one attached hydrogen (secondary N) is 1. The second-order valence-corrected chi connectivity index (χ2v) is 5.07. The van der Waals surface area contributed by atoms with Crippen LogP contribution >= 0.6 is 0 Å². The van der Waals surface area contributed by atoms with Crippen LogP contribution in [-0.4, -0.2) is 21.3 Å². The number of rotatable bonds is 5. The number of carbonyl (C=O) groups is 1. The van der Waals surface area contributed by atoms with Gasteiger partial charge in [-0.1, -0.05) is 6.07 Å². The van der Waals surface area contributed by atoms with Gasteiger partial charge < -0.3 is 10.5 Å². The summed E-state index contributed by atoms with van der Waals surface area (Å²) < 4.78 is 45.5. The number of hydrogen-bond acceptors (Lipinski definition) is 4. The van der Waals surface area contributed by atoms with Crippen LogP contribution in [0.2, 0.25) is 0 Å². The second-order valence-electron chi connectivity index (χ2n) is 5.07. The molecule has 0 saturated heterocycles. The molecule has 9 heteroatoms. The van der Waals surface area contributed by atoms with Crippen LogP contribution in [0.5, 0.6) is 5.75 Å². The third-order valence-corrected chi connectivity index (χ3v) is 3.36. The van der Waals surface area contributed by atoms with Gasteiger partial charge >= 0.3 is 0 Å². The number of hydrogen-bond donors (Lipinski definition) is 2. The van der Waals surface area contributed by atoms with E-state index in [1.165, 1.54) is 18.2 Å². The molecular weight excluding hydrogens is 337 g/mol. The Bertz CT molecular complexity index is 943. The fourth-order valence-electron chi connectivity index (χ4n) is 2.16. The quantitative estimate of drug-likeness (QED) is 0.741. The van der Waals surface area contributed by atoms with E-state index in [-0.39, 0.29) is 29.3 Å². The Morgan fingerprint density at radius 1 is 1.04 bits per heavy atom. The van der Waals surface area contributed by atoms with Gasteiger partial charge in [0, 0.05) is 5.56 Å². The summed E-state index contributed by atoms with van der Waals surface area (Å²) in [6.45, 7) is -0.149. The molecular formula is C16H11F3N4O2. The summed E-state index contributed by atoms with van der Waals surface area (Å²) in [6.07, 6.45) is 0. The smallest absolute Gasteiger partial charge is 0.271 e. The van der Waals surface area contributed by atoms with Gasteiger partial charge in [-0.3, -0.25) is 4.79 Å². The molecule has 3 rings (SSSR count). The van der Waals surface area contributed by atoms with Gasteiger partial charge in [0.25, 0.3) is 5.91 Å². The molecule has 0 atom stereocenters. The SMILES string of the molecule is NC(=O)c1n[nH]nc1-c1ccc(OCc2ccc(F)c(F)c2)c(F)c1. The second kappa shape index (κ2) is 6.63. The molecule has 3 N–H and O–H groups in total. The van der Waals surface area contributed by atoms with E-state index >= 15 is 0 Å². The van der Waals surface area contributed by atoms with Gasteiger partial charge in [0.05, 0.1) is 0 Å². The van der Waals surface area contributed by atoms with Gasteiger partial charge in [-0.25, -0.2) is 13.2 Å². The zero-order valence-electron chi connectivity index (χ0n) is 12.6. The third-order valence-electron chi connectivity index (χ3n) is 3.36. The van der Waals surface area contributed by atoms with Crippen molar-refractivity contribution >= 4 is 5.91 Å². The number of amides is 1. The van der Waals surface area contributed by atoms with Crippen molar-refractivity contribution in [3.63, 3.8) is 0 Å². The molecule has 0 saturated carbocycles. The summed E-state index contributed by atoms with van der Waals surface area (Å²) in [5.74, 6) is -3.61. The maximum Gasteiger partial charge on any atom is 0.271 e. The number of ether oxygens (including phenoxy) is 1. The molecule has 0 spiro atoms. The zero-order valence-corrected chi connectivity index (χ0v) is 12.6. The normalized spacial score (nSPS) is 10.7. The average Bonchev–Trinajstić information content (AvgIpc) is 3.06. The molecule has 25 heavy (non-hydrogen) atoms. The van der Waals surface area contributed by atoms with Crippen molar-refractivity contribution in [2.24, 2.45) is 5.73 Å². The Balaban J connectivity index is 1.79. The monoisotopic (exact) mass is 348 g/mol. The number of aromatic amines is 1. The first-order chi connectivity index (χ1) is 12.0. The summed E-state index contributed by atoms with van der Waals surface area (Å²) >= 11 is 0. The number of halogens is 3. The van der Waals surface area contributed by atoms with Crippen molar-refractivity contribution < 1.29 is 22.7 Å². The molecule has 1 aromatic heterocycles. The third kappa shape index (κ3) is 3.44. The van der Waals surface area contributed by atoms with Crippen molar-refractivity contribution in [1.82, 2.24) is 15.4 Å². The number of aromatic nitrogens is 3. The predicted octanol–water partition coefficient (Wildman–Crippen LogP) is 2.57. The number of nitrogens with two attached hydrogens (primary N) is 1. The highest BCUT2D eigenvalue weighted by Gasteiger charge is 2.17. The first kappa shape index (κ1) is 16.5. The highest BCUT2D eigenvalue weighted by atomic mass is 19.2. The van der Waals surface area contributed by atoms with Crippen molar-refractivity contribution in [2.75, 3.05) is 0 Å². The van der Waals surface area contributed by atoms with E-state index in [0.717, 1.165) is 18.2 Å². The van der Waals surface area contributed by atoms with E-state index in [1.54, 1.807) is 0 Å². The van der Waals surface area contributed by atoms with E-state index in [9.17, 15) is 18.0 Å². The maximum atomic E-state index is 14.2. The molecule has 1 heterocycles. The summed E-state index contributed by atoms with van der Waals surface area (Å²) in [5, 5.41) is 9.62. The van der Waals surface area contributed by atoms with Crippen LogP contribution in [0, 0.1) is 17.5 Å². The Morgan fingerprint density at radius 2 is 1.84 bits per heavy atom. The van der Waals surface area contributed by atoms with Crippen LogP contribution in [-0.2, 0) is 6.61 Å². The summed E-state index contributed by atoms with van der Waals surface area (Å²) in [7, 11) is 0. The lowest BCUT2D eigenvalue weighted by molar-refractivity contribution is 0.0996. The minimum atomic E-state index is -1.01. The van der Waals surface area contributed by atoms with E-state index in [1.807, 2.05) is 0 Å². The average molecular weight is 348 g/mol. The van der Waals surface area contributed by atoms with Crippen LogP contribution in [0.1, 0.15) is 16.1 Å². The number of primary amides is 1. The van der Waals surface area contributed by atoms with E-state index in [0.29, 0.717) is 5.56 Å². The summed E-state index contributed by atoms with van der Waals surface area (Å²) in [5.41, 5.74) is 5.78. The molecule has 0 radical (unpaired) electrons. The molecule has 0 bridgehead atoms. The molecule has 0 unspecified atom stereocenters. The van der Waals surface area contributed by atoms with Crippen molar-refractivity contribution in [3.05, 3.63) is 65.1 Å². The van der Waals surface area contributed by atoms with Crippen molar-refractivity contribution in [1.29, 1.82) is 0 Å². The van der Waals surface area contributed by atoms with E-state index < -0.39 is 23.4 Å². The molecule has 0 aliphatic rings. The maximum absolute atomic E-state index is 14.2. The first-order valence-corrected chi connectivity index (χ1v) is 7.03. The molecule has 1 amide bonds. The van der Waals surface area contributed by atoms with Crippen LogP contribution in [0.15, 0.2) is 36.4 Å². The Hall–Kier alpha value is -3.36. The van der Waals surface area contributed by atoms with Gasteiger partial charge in [-0.2, -0.15) is 15.4 Å². The lowest BCUT2D eigenvalue weighted by Gasteiger charge is -2.09. The number of H-pyrrole nitrogens is 1. The fraction of sp³-hybridized carbons (Fsp3) is 0.0625. The first-order valence-electron chi connectivity index (χ1n) is 7.03. The molecule has 128 valence electrons. The lowest BCUT2D eigenvalue weighted by atomic mass is 10.1. The number of carbonyl (C=O) groups excluding carboxylic acids is 1. The Morgan fingerprint density at radius 3 is 2.52 bits per heavy atom. The zero-order chi connectivity index (χ0) is 18.0. The van der Waals surface area contributed by atoms with E-state index in [4.69, 9.17) is 10.5 Å². The Labute approximate surface area is 139 Å². The minimum Gasteiger partial charge on any atom is -0.486 e. The summed E-state index contributed by atoms with van der Waals surface area (Å²) in [4.78, 5) is 11.2. The largest absolute Gasteiger partial charge is 0.486 e. The molecule has 0 fully saturated rings. The van der Waals surface area contributed by atoms with Crippen LogP contribution in [0.3, 0.4) is 0 Å². The molecule has 3 aromatic rings. The standard InChI is InChI=1S/C16H11F3N4O2/c17-10-3-1-8(5-11(10)18)7-25-13-4-2-9(6-12(13)19)14-15(16(20)24)22-23-21-14/h1-6H,7H2,(H2,20,24)(H,21,22,23). The highest BCUT2D eigenvalue weighted by Crippen LogP contribution is 2.26. The number of benzene rings is 2. The van der Waals surface area contributed by atoms with Crippen LogP contribution in [0.25, 0.3) is 11.3 Å². The van der Waals surface area contributed by atoms with Crippen molar-refractivity contribution in [2.45, 2.75) is 6.61 Å². The van der Waals surface area contributed by atoms with Gasteiger partial charge in [-0.05, 0) is 35.9 Å². The highest BCUT2D eigenvalue weighted by molar-refractivity contribution is 5.96. The number of nitrogens with zero attached hydrogens (tertiary/aromatic N) is 2. The molecule has 0 aliphatic carbocycles. The van der Waals surface area contributed by atoms with Gasteiger partial charge in [0.1, 0.15) is 12.3 Å².